The molecular formula is C54H32BN3O2. The molecule has 0 atom stereocenters. The van der Waals surface area contributed by atoms with Crippen LogP contribution in [0, 0.1) is 0 Å². The molecule has 0 aliphatic carbocycles. The van der Waals surface area contributed by atoms with Crippen LogP contribution in [0.4, 0.5) is 0 Å². The number of para-hydroxylation sites is 7. The smallest absolute Gasteiger partial charge is 0.260 e. The van der Waals surface area contributed by atoms with Crippen molar-refractivity contribution in [3.8, 4) is 40.1 Å². The number of hydrogen-bond acceptors (Lipinski definition) is 2. The molecule has 0 fully saturated rings. The standard InChI is InChI=1S/C54H32BN3O2/c1-9-23-43-34(15-1)35-16-2-10-24-44(35)57(43)48-31-39-38-19-5-8-22-42(38)56(47(39)32-49(48)58-45-25-11-3-17-36(45)37-18-4-12-26-46(37)58)33-29-52-54-53(30-33)60-51-28-14-7-21-41(51)55(54)40-20-6-13-27-50(40)59-52/h1-32H. The Hall–Kier alpha value is -7.96. The van der Waals surface area contributed by atoms with E-state index in [4.69, 9.17) is 9.47 Å². The first-order valence-corrected chi connectivity index (χ1v) is 20.5. The van der Waals surface area contributed by atoms with Crippen LogP contribution in [0.3, 0.4) is 0 Å². The van der Waals surface area contributed by atoms with Gasteiger partial charge in [-0.1, -0.05) is 127 Å². The van der Waals surface area contributed by atoms with E-state index in [-0.39, 0.29) is 6.71 Å². The normalized spacial score (nSPS) is 12.9. The van der Waals surface area contributed by atoms with Crippen molar-refractivity contribution in [1.82, 2.24) is 13.7 Å². The van der Waals surface area contributed by atoms with Gasteiger partial charge in [0.15, 0.2) is 0 Å². The monoisotopic (exact) mass is 765 g/mol. The molecule has 0 N–H and O–H groups in total. The number of nitrogens with zero attached hydrogens (tertiary/aromatic N) is 3. The third-order valence-corrected chi connectivity index (χ3v) is 12.9. The van der Waals surface area contributed by atoms with Gasteiger partial charge in [-0.25, -0.2) is 0 Å². The predicted octanol–water partition coefficient (Wildman–Crippen LogP) is 11.7. The molecule has 6 heteroatoms. The number of ether oxygens (including phenoxy) is 2. The number of benzene rings is 9. The van der Waals surface area contributed by atoms with Crippen molar-refractivity contribution in [2.75, 3.05) is 0 Å². The van der Waals surface area contributed by atoms with E-state index in [0.29, 0.717) is 0 Å². The molecule has 0 saturated heterocycles. The molecule has 0 radical (unpaired) electrons. The van der Waals surface area contributed by atoms with Crippen LogP contribution < -0.4 is 25.9 Å². The summed E-state index contributed by atoms with van der Waals surface area (Å²) in [6, 6.07) is 70.0. The summed E-state index contributed by atoms with van der Waals surface area (Å²) < 4.78 is 21.0. The molecule has 5 nitrogen and oxygen atoms in total. The van der Waals surface area contributed by atoms with Gasteiger partial charge in [-0.2, -0.15) is 0 Å². The largest absolute Gasteiger partial charge is 0.458 e. The summed E-state index contributed by atoms with van der Waals surface area (Å²) in [6.45, 7) is 0.00720. The molecule has 278 valence electrons. The topological polar surface area (TPSA) is 33.2 Å². The Morgan fingerprint density at radius 1 is 0.300 bits per heavy atom. The Balaban J connectivity index is 1.12. The third-order valence-electron chi connectivity index (χ3n) is 12.9. The van der Waals surface area contributed by atoms with Crippen LogP contribution >= 0.6 is 0 Å². The summed E-state index contributed by atoms with van der Waals surface area (Å²) in [6.07, 6.45) is 0. The van der Waals surface area contributed by atoms with E-state index in [2.05, 4.69) is 208 Å². The molecule has 14 rings (SSSR count). The maximum absolute atomic E-state index is 6.83. The van der Waals surface area contributed by atoms with Crippen LogP contribution in [-0.4, -0.2) is 20.4 Å². The van der Waals surface area contributed by atoms with E-state index in [9.17, 15) is 0 Å². The van der Waals surface area contributed by atoms with Gasteiger partial charge in [-0.05, 0) is 65.5 Å². The lowest BCUT2D eigenvalue weighted by molar-refractivity contribution is 0.464. The zero-order chi connectivity index (χ0) is 39.1. The molecule has 60 heavy (non-hydrogen) atoms. The minimum absolute atomic E-state index is 0.00720. The molecule has 0 bridgehead atoms. The maximum Gasteiger partial charge on any atom is 0.260 e. The summed E-state index contributed by atoms with van der Waals surface area (Å²) in [7, 11) is 0. The molecule has 0 spiro atoms. The first-order valence-electron chi connectivity index (χ1n) is 20.5. The minimum atomic E-state index is 0.00720. The van der Waals surface area contributed by atoms with Crippen molar-refractivity contribution in [2.24, 2.45) is 0 Å². The highest BCUT2D eigenvalue weighted by Crippen LogP contribution is 2.44. The highest BCUT2D eigenvalue weighted by atomic mass is 16.5. The second-order valence-corrected chi connectivity index (χ2v) is 16.0. The quantitative estimate of drug-likeness (QED) is 0.168. The second kappa shape index (κ2) is 11.8. The summed E-state index contributed by atoms with van der Waals surface area (Å²) >= 11 is 0. The van der Waals surface area contributed by atoms with Gasteiger partial charge in [0.05, 0.1) is 50.2 Å². The van der Waals surface area contributed by atoms with Crippen LogP contribution in [0.1, 0.15) is 0 Å². The Morgan fingerprint density at radius 2 is 0.667 bits per heavy atom. The van der Waals surface area contributed by atoms with Crippen molar-refractivity contribution in [1.29, 1.82) is 0 Å². The first-order chi connectivity index (χ1) is 29.8. The van der Waals surface area contributed by atoms with E-state index < -0.39 is 0 Å². The molecule has 0 unspecified atom stereocenters. The lowest BCUT2D eigenvalue weighted by Gasteiger charge is -2.33. The van der Waals surface area contributed by atoms with Gasteiger partial charge < -0.3 is 23.2 Å². The lowest BCUT2D eigenvalue weighted by atomic mass is 9.35. The molecule has 5 heterocycles. The van der Waals surface area contributed by atoms with Crippen molar-refractivity contribution in [3.63, 3.8) is 0 Å². The van der Waals surface area contributed by atoms with E-state index in [1.54, 1.807) is 0 Å². The van der Waals surface area contributed by atoms with Crippen LogP contribution in [0.15, 0.2) is 194 Å². The van der Waals surface area contributed by atoms with Crippen molar-refractivity contribution >= 4 is 88.5 Å². The molecular weight excluding hydrogens is 733 g/mol. The van der Waals surface area contributed by atoms with Gasteiger partial charge in [0, 0.05) is 49.9 Å². The highest BCUT2D eigenvalue weighted by Gasteiger charge is 2.40. The Bertz CT molecular complexity index is 3640. The Kier molecular flexibility index (Phi) is 6.31. The van der Waals surface area contributed by atoms with E-state index in [1.165, 1.54) is 38.0 Å². The number of fused-ring (bicyclic) bond motifs is 13. The fourth-order valence-corrected chi connectivity index (χ4v) is 10.5. The van der Waals surface area contributed by atoms with Gasteiger partial charge in [0.25, 0.3) is 6.71 Å². The van der Waals surface area contributed by atoms with Gasteiger partial charge in [-0.15, -0.1) is 0 Å². The molecule has 0 amide bonds. The van der Waals surface area contributed by atoms with E-state index >= 15 is 0 Å². The fraction of sp³-hybridized carbons (Fsp3) is 0. The number of hydrogen-bond donors (Lipinski definition) is 0. The summed E-state index contributed by atoms with van der Waals surface area (Å²) in [5.41, 5.74) is 13.4. The van der Waals surface area contributed by atoms with E-state index in [0.717, 1.165) is 83.9 Å². The zero-order valence-corrected chi connectivity index (χ0v) is 32.2. The van der Waals surface area contributed by atoms with Crippen LogP contribution in [-0.2, 0) is 0 Å². The van der Waals surface area contributed by atoms with Gasteiger partial charge >= 0.3 is 0 Å². The lowest BCUT2D eigenvalue weighted by Crippen LogP contribution is -2.57. The molecule has 0 saturated carbocycles. The van der Waals surface area contributed by atoms with Crippen LogP contribution in [0.25, 0.3) is 82.5 Å². The maximum atomic E-state index is 6.83. The van der Waals surface area contributed by atoms with Crippen LogP contribution in [0.2, 0.25) is 0 Å². The van der Waals surface area contributed by atoms with Crippen molar-refractivity contribution < 1.29 is 9.47 Å². The molecule has 2 aliphatic heterocycles. The summed E-state index contributed by atoms with van der Waals surface area (Å²) in [5, 5.41) is 7.24. The number of aromatic nitrogens is 3. The first kappa shape index (κ1) is 32.1. The van der Waals surface area contributed by atoms with Crippen molar-refractivity contribution in [2.45, 2.75) is 0 Å². The van der Waals surface area contributed by atoms with Gasteiger partial charge in [0.1, 0.15) is 23.0 Å². The van der Waals surface area contributed by atoms with Gasteiger partial charge in [-0.3, -0.25) is 0 Å². The predicted molar refractivity (Wildman–Crippen MR) is 247 cm³/mol. The summed E-state index contributed by atoms with van der Waals surface area (Å²) in [4.78, 5) is 0. The minimum Gasteiger partial charge on any atom is -0.458 e. The van der Waals surface area contributed by atoms with Gasteiger partial charge in [0.2, 0.25) is 0 Å². The fourth-order valence-electron chi connectivity index (χ4n) is 10.5. The average molecular weight is 766 g/mol. The second-order valence-electron chi connectivity index (χ2n) is 16.0. The zero-order valence-electron chi connectivity index (χ0n) is 32.2. The molecule has 12 aromatic rings. The molecule has 9 aromatic carbocycles. The van der Waals surface area contributed by atoms with Crippen LogP contribution in [0.5, 0.6) is 23.0 Å². The van der Waals surface area contributed by atoms with E-state index in [1.807, 2.05) is 0 Å². The Labute approximate surface area is 344 Å². The molecule has 2 aliphatic rings. The number of rotatable bonds is 3. The summed E-state index contributed by atoms with van der Waals surface area (Å²) in [5.74, 6) is 3.38. The Morgan fingerprint density at radius 3 is 1.13 bits per heavy atom. The SMILES string of the molecule is c1ccc2c(c1)Oc1cc(-n3c4ccccc4c4cc(-n5c6ccccc6c6ccccc65)c(-n5c6ccccc6c6ccccc65)cc43)cc3c1B2c1ccccc1O3. The average Bonchev–Trinajstić information content (AvgIpc) is 3.94. The van der Waals surface area contributed by atoms with Crippen molar-refractivity contribution in [3.05, 3.63) is 194 Å². The highest BCUT2D eigenvalue weighted by molar-refractivity contribution is 6.98. The molecule has 3 aromatic heterocycles. The third kappa shape index (κ3) is 4.21.